The van der Waals surface area contributed by atoms with Crippen LogP contribution in [0.5, 0.6) is 0 Å². The van der Waals surface area contributed by atoms with E-state index in [-0.39, 0.29) is 24.8 Å². The van der Waals surface area contributed by atoms with Crippen molar-refractivity contribution >= 4 is 41.2 Å². The van der Waals surface area contributed by atoms with Crippen LogP contribution in [0, 0.1) is 5.92 Å². The summed E-state index contributed by atoms with van der Waals surface area (Å²) < 4.78 is 5.50. The van der Waals surface area contributed by atoms with E-state index >= 15 is 0 Å². The van der Waals surface area contributed by atoms with E-state index in [4.69, 9.17) is 3.32 Å². The molecule has 4 heteroatoms. The van der Waals surface area contributed by atoms with Crippen molar-refractivity contribution in [2.75, 3.05) is 0 Å². The predicted octanol–water partition coefficient (Wildman–Crippen LogP) is 7.70. The molecule has 3 aromatic rings. The third kappa shape index (κ3) is 4.40. The third-order valence-corrected chi connectivity index (χ3v) is 5.91. The molecule has 0 fully saturated rings. The SMILES string of the molecule is CC1=CC(C)C(c2ccc3ccccc3c2-c2ccccc2C[O][Ti])=C1C.Cl.Cl. The maximum Gasteiger partial charge on any atom is -0.147 e. The molecule has 0 spiro atoms. The number of benzene rings is 3. The molecule has 1 aliphatic rings. The second-order valence-electron chi connectivity index (χ2n) is 7.33. The van der Waals surface area contributed by atoms with Crippen LogP contribution in [0.2, 0.25) is 0 Å². The van der Waals surface area contributed by atoms with Gasteiger partial charge in [-0.25, -0.2) is 0 Å². The van der Waals surface area contributed by atoms with E-state index in [1.165, 1.54) is 49.7 Å². The fraction of sp³-hybridized carbons (Fsp3) is 0.200. The molecule has 0 heterocycles. The van der Waals surface area contributed by atoms with E-state index in [0.717, 1.165) is 0 Å². The van der Waals surface area contributed by atoms with Crippen LogP contribution in [0.25, 0.3) is 27.5 Å². The first-order chi connectivity index (χ1) is 13.1. The summed E-state index contributed by atoms with van der Waals surface area (Å²) in [5, 5.41) is 2.58. The second-order valence-corrected chi connectivity index (χ2v) is 7.78. The molecule has 0 amide bonds. The fourth-order valence-corrected chi connectivity index (χ4v) is 4.58. The molecule has 1 aliphatic carbocycles. The zero-order valence-electron chi connectivity index (χ0n) is 16.9. The summed E-state index contributed by atoms with van der Waals surface area (Å²) in [6.45, 7) is 7.39. The molecule has 29 heavy (non-hydrogen) atoms. The molecule has 0 saturated heterocycles. The molecule has 0 aromatic heterocycles. The Bertz CT molecular complexity index is 1090. The van der Waals surface area contributed by atoms with Crippen molar-refractivity contribution in [3.8, 4) is 11.1 Å². The average Bonchev–Trinajstić information content (AvgIpc) is 2.93. The first-order valence-electron chi connectivity index (χ1n) is 9.40. The molecule has 0 radical (unpaired) electrons. The van der Waals surface area contributed by atoms with E-state index in [2.05, 4.69) is 87.5 Å². The Morgan fingerprint density at radius 2 is 1.55 bits per heavy atom. The molecule has 1 atom stereocenters. The molecule has 0 N–H and O–H groups in total. The van der Waals surface area contributed by atoms with Gasteiger partial charge in [0.25, 0.3) is 0 Å². The minimum absolute atomic E-state index is 0. The summed E-state index contributed by atoms with van der Waals surface area (Å²) in [4.78, 5) is 0. The summed E-state index contributed by atoms with van der Waals surface area (Å²) in [5.74, 6) is 0.430. The van der Waals surface area contributed by atoms with E-state index in [9.17, 15) is 0 Å². The molecular weight excluding hydrogens is 435 g/mol. The Kier molecular flexibility index (Phi) is 8.34. The summed E-state index contributed by atoms with van der Waals surface area (Å²) in [6.07, 6.45) is 2.38. The number of rotatable bonds is 4. The number of fused-ring (bicyclic) bond motifs is 1. The van der Waals surface area contributed by atoms with Gasteiger partial charge in [-0.1, -0.05) is 0 Å². The summed E-state index contributed by atoms with van der Waals surface area (Å²) in [5.41, 5.74) is 9.40. The molecule has 0 aliphatic heterocycles. The summed E-state index contributed by atoms with van der Waals surface area (Å²) >= 11 is 1.76. The van der Waals surface area contributed by atoms with Gasteiger partial charge in [-0.3, -0.25) is 0 Å². The van der Waals surface area contributed by atoms with Crippen LogP contribution < -0.4 is 0 Å². The molecule has 3 aromatic carbocycles. The average molecular weight is 460 g/mol. The van der Waals surface area contributed by atoms with Crippen molar-refractivity contribution in [3.63, 3.8) is 0 Å². The fourth-order valence-electron chi connectivity index (χ4n) is 4.34. The van der Waals surface area contributed by atoms with Crippen molar-refractivity contribution in [2.45, 2.75) is 27.4 Å². The Balaban J connectivity index is 0.00000150. The van der Waals surface area contributed by atoms with E-state index in [1.54, 1.807) is 20.8 Å². The van der Waals surface area contributed by atoms with Crippen LogP contribution in [0.4, 0.5) is 0 Å². The minimum Gasteiger partial charge on any atom is -0.147 e. The molecule has 4 rings (SSSR count). The standard InChI is InChI=1S/C25H23O.2ClH.Ti/c1-16-14-17(2)24(18(16)3)23-13-12-19-8-4-6-10-21(19)25(23)22-11-7-5-9-20(22)15-26;;;/h4-14,17H,15H2,1-3H3;2*1H;/q-1;;;+1. The molecule has 0 bridgehead atoms. The van der Waals surface area contributed by atoms with Gasteiger partial charge in [-0.2, -0.15) is 0 Å². The van der Waals surface area contributed by atoms with Crippen molar-refractivity contribution in [2.24, 2.45) is 5.92 Å². The molecular formula is C25H25Cl2OTi. The maximum absolute atomic E-state index is 5.50. The first-order valence-corrected chi connectivity index (χ1v) is 10.0. The number of allylic oxidation sites excluding steroid dienone is 4. The van der Waals surface area contributed by atoms with Gasteiger partial charge >= 0.3 is 174 Å². The largest absolute Gasteiger partial charge is 0.147 e. The van der Waals surface area contributed by atoms with E-state index in [0.29, 0.717) is 12.5 Å². The van der Waals surface area contributed by atoms with Crippen LogP contribution in [0.1, 0.15) is 31.9 Å². The normalized spacial score (nSPS) is 15.7. The van der Waals surface area contributed by atoms with Crippen LogP contribution in [0.3, 0.4) is 0 Å². The van der Waals surface area contributed by atoms with Gasteiger partial charge in [-0.15, -0.1) is 24.8 Å². The zero-order chi connectivity index (χ0) is 19.0. The smallest absolute Gasteiger partial charge is 0.147 e. The van der Waals surface area contributed by atoms with Crippen molar-refractivity contribution in [1.82, 2.24) is 0 Å². The zero-order valence-corrected chi connectivity index (χ0v) is 20.1. The Morgan fingerprint density at radius 3 is 2.24 bits per heavy atom. The second kappa shape index (κ2) is 10.1. The molecule has 1 nitrogen and oxygen atoms in total. The molecule has 1 unspecified atom stereocenters. The number of hydrogen-bond acceptors (Lipinski definition) is 1. The van der Waals surface area contributed by atoms with Gasteiger partial charge in [0.05, 0.1) is 0 Å². The minimum atomic E-state index is 0. The summed E-state index contributed by atoms with van der Waals surface area (Å²) in [6, 6.07) is 21.9. The van der Waals surface area contributed by atoms with Gasteiger partial charge in [0, 0.05) is 0 Å². The maximum atomic E-state index is 5.50. The van der Waals surface area contributed by atoms with Gasteiger partial charge in [0.1, 0.15) is 0 Å². The topological polar surface area (TPSA) is 9.23 Å². The number of halogens is 2. The van der Waals surface area contributed by atoms with Crippen LogP contribution in [-0.2, 0) is 30.7 Å². The Hall–Kier alpha value is -1.35. The molecule has 0 saturated carbocycles. The monoisotopic (exact) mass is 459 g/mol. The van der Waals surface area contributed by atoms with Crippen molar-refractivity contribution in [1.29, 1.82) is 0 Å². The summed E-state index contributed by atoms with van der Waals surface area (Å²) in [7, 11) is 0. The van der Waals surface area contributed by atoms with Gasteiger partial charge in [0.15, 0.2) is 0 Å². The Labute approximate surface area is 197 Å². The Morgan fingerprint density at radius 1 is 0.862 bits per heavy atom. The van der Waals surface area contributed by atoms with Crippen molar-refractivity contribution in [3.05, 3.63) is 89.0 Å². The number of hydrogen-bond donors (Lipinski definition) is 0. The first kappa shape index (κ1) is 23.9. The van der Waals surface area contributed by atoms with Crippen LogP contribution >= 0.6 is 24.8 Å². The van der Waals surface area contributed by atoms with Gasteiger partial charge in [-0.05, 0) is 0 Å². The quantitative estimate of drug-likeness (QED) is 0.363. The van der Waals surface area contributed by atoms with Gasteiger partial charge < -0.3 is 0 Å². The molecule has 149 valence electrons. The van der Waals surface area contributed by atoms with Crippen LogP contribution in [0.15, 0.2) is 77.9 Å². The van der Waals surface area contributed by atoms with Crippen LogP contribution in [-0.4, -0.2) is 0 Å². The van der Waals surface area contributed by atoms with Gasteiger partial charge in [0.2, 0.25) is 0 Å². The predicted molar refractivity (Wildman–Crippen MR) is 124 cm³/mol. The van der Waals surface area contributed by atoms with Crippen molar-refractivity contribution < 1.29 is 24.1 Å². The van der Waals surface area contributed by atoms with E-state index < -0.39 is 0 Å². The third-order valence-electron chi connectivity index (χ3n) is 5.68. The van der Waals surface area contributed by atoms with E-state index in [1.807, 2.05) is 0 Å².